The van der Waals surface area contributed by atoms with Crippen LogP contribution in [0.4, 0.5) is 0 Å². The zero-order valence-electron chi connectivity index (χ0n) is 7.27. The minimum Gasteiger partial charge on any atom is -0.233 e. The van der Waals surface area contributed by atoms with E-state index in [1.165, 1.54) is 24.1 Å². The summed E-state index contributed by atoms with van der Waals surface area (Å²) in [4.78, 5) is 4.48. The monoisotopic (exact) mass is 174 g/mol. The molecule has 66 valence electrons. The molecule has 0 bridgehead atoms. The first-order chi connectivity index (χ1) is 6.43. The van der Waals surface area contributed by atoms with Gasteiger partial charge in [0.05, 0.1) is 0 Å². The normalized spacial score (nSPS) is 30.2. The summed E-state index contributed by atoms with van der Waals surface area (Å²) >= 11 is 0. The number of dihydropyridines is 1. The summed E-state index contributed by atoms with van der Waals surface area (Å²) in [6.45, 7) is 0. The Bertz CT molecular complexity index is 362. The molecule has 4 heteroatoms. The van der Waals surface area contributed by atoms with Crippen molar-refractivity contribution in [1.82, 2.24) is 0 Å². The molecule has 1 fully saturated rings. The number of aliphatic imine (C=N–C) groups is 1. The van der Waals surface area contributed by atoms with Crippen LogP contribution in [0.3, 0.4) is 0 Å². The minimum atomic E-state index is 0.0249. The van der Waals surface area contributed by atoms with Crippen LogP contribution in [-0.4, -0.2) is 17.6 Å². The number of amidine groups is 1. The van der Waals surface area contributed by atoms with Crippen molar-refractivity contribution in [3.8, 4) is 0 Å². The van der Waals surface area contributed by atoms with Crippen molar-refractivity contribution in [2.24, 2.45) is 20.4 Å². The first kappa shape index (κ1) is 7.12. The molecule has 0 aromatic carbocycles. The Hall–Kier alpha value is -1.32. The number of nitrogens with zero attached hydrogens (tertiary/aromatic N) is 4. The summed E-state index contributed by atoms with van der Waals surface area (Å²) < 4.78 is 0. The van der Waals surface area contributed by atoms with Gasteiger partial charge in [-0.2, -0.15) is 5.11 Å². The van der Waals surface area contributed by atoms with Crippen LogP contribution in [0.1, 0.15) is 25.7 Å². The van der Waals surface area contributed by atoms with E-state index in [0.717, 1.165) is 18.7 Å². The van der Waals surface area contributed by atoms with Crippen molar-refractivity contribution in [2.45, 2.75) is 31.7 Å². The van der Waals surface area contributed by atoms with Gasteiger partial charge in [0.2, 0.25) is 0 Å². The summed E-state index contributed by atoms with van der Waals surface area (Å²) in [5, 5.41) is 11.5. The van der Waals surface area contributed by atoms with E-state index >= 15 is 0 Å². The Labute approximate surface area is 76.2 Å². The molecular weight excluding hydrogens is 164 g/mol. The Balaban J connectivity index is 2.01. The molecule has 0 N–H and O–H groups in total. The molecule has 1 unspecified atom stereocenters. The lowest BCUT2D eigenvalue weighted by molar-refractivity contribution is 0.726. The first-order valence-electron chi connectivity index (χ1n) is 4.70. The number of hydrogen-bond donors (Lipinski definition) is 0. The number of rotatable bonds is 0. The van der Waals surface area contributed by atoms with Crippen LogP contribution in [-0.2, 0) is 0 Å². The van der Waals surface area contributed by atoms with Crippen molar-refractivity contribution in [2.75, 3.05) is 0 Å². The van der Waals surface area contributed by atoms with Crippen LogP contribution in [0.2, 0.25) is 0 Å². The summed E-state index contributed by atoms with van der Waals surface area (Å²) in [5.41, 5.74) is 2.59. The summed E-state index contributed by atoms with van der Waals surface area (Å²) in [6.07, 6.45) is 6.94. The van der Waals surface area contributed by atoms with Gasteiger partial charge in [0, 0.05) is 5.71 Å². The predicted octanol–water partition coefficient (Wildman–Crippen LogP) is 2.09. The van der Waals surface area contributed by atoms with Crippen molar-refractivity contribution in [3.63, 3.8) is 0 Å². The number of hydrogen-bond acceptors (Lipinski definition) is 4. The van der Waals surface area contributed by atoms with E-state index in [4.69, 9.17) is 0 Å². The van der Waals surface area contributed by atoms with Crippen LogP contribution in [0.5, 0.6) is 0 Å². The molecule has 13 heavy (non-hydrogen) atoms. The molecule has 1 atom stereocenters. The highest BCUT2D eigenvalue weighted by atomic mass is 15.4. The maximum atomic E-state index is 4.48. The van der Waals surface area contributed by atoms with Crippen LogP contribution < -0.4 is 0 Å². The van der Waals surface area contributed by atoms with Gasteiger partial charge in [-0.1, -0.05) is 0 Å². The van der Waals surface area contributed by atoms with E-state index in [9.17, 15) is 0 Å². The zero-order chi connectivity index (χ0) is 8.67. The Morgan fingerprint density at radius 3 is 3.15 bits per heavy atom. The summed E-state index contributed by atoms with van der Waals surface area (Å²) in [7, 11) is 0. The van der Waals surface area contributed by atoms with Crippen molar-refractivity contribution in [3.05, 3.63) is 11.6 Å². The average molecular weight is 174 g/mol. The number of allylic oxidation sites excluding steroid dienone is 1. The molecule has 0 aromatic rings. The second-order valence-corrected chi connectivity index (χ2v) is 3.57. The second kappa shape index (κ2) is 2.58. The van der Waals surface area contributed by atoms with Gasteiger partial charge in [-0.25, -0.2) is 4.99 Å². The third kappa shape index (κ3) is 1.05. The Kier molecular flexibility index (Phi) is 1.41. The molecular formula is C9H10N4. The average Bonchev–Trinajstić information content (AvgIpc) is 2.61. The molecule has 2 aliphatic heterocycles. The molecule has 4 nitrogen and oxygen atoms in total. The van der Waals surface area contributed by atoms with Crippen LogP contribution >= 0.6 is 0 Å². The molecule has 2 heterocycles. The number of fused-ring (bicyclic) bond motifs is 2. The van der Waals surface area contributed by atoms with Gasteiger partial charge < -0.3 is 0 Å². The molecule has 0 aromatic heterocycles. The lowest BCUT2D eigenvalue weighted by Gasteiger charge is -2.21. The third-order valence-electron chi connectivity index (χ3n) is 2.68. The highest BCUT2D eigenvalue weighted by Gasteiger charge is 2.26. The van der Waals surface area contributed by atoms with E-state index in [2.05, 4.69) is 26.5 Å². The van der Waals surface area contributed by atoms with Crippen molar-refractivity contribution in [1.29, 1.82) is 0 Å². The Morgan fingerprint density at radius 2 is 2.15 bits per heavy atom. The standard InChI is InChI=1S/C9H10N4/c1-2-4-7-6(3-1)5-8-9(10-7)12-13-11-8/h5,8H,1-4H2. The molecule has 1 aliphatic carbocycles. The highest BCUT2D eigenvalue weighted by molar-refractivity contribution is 6.12. The predicted molar refractivity (Wildman–Crippen MR) is 50.1 cm³/mol. The lowest BCUT2D eigenvalue weighted by atomic mass is 9.89. The van der Waals surface area contributed by atoms with Gasteiger partial charge in [0.25, 0.3) is 0 Å². The van der Waals surface area contributed by atoms with Crippen LogP contribution in [0, 0.1) is 0 Å². The van der Waals surface area contributed by atoms with Crippen LogP contribution in [0.15, 0.2) is 32.1 Å². The smallest absolute Gasteiger partial charge is 0.183 e. The van der Waals surface area contributed by atoms with Gasteiger partial charge in [0.15, 0.2) is 11.9 Å². The molecule has 0 saturated heterocycles. The zero-order valence-corrected chi connectivity index (χ0v) is 7.27. The second-order valence-electron chi connectivity index (χ2n) is 3.57. The quantitative estimate of drug-likeness (QED) is 0.540. The van der Waals surface area contributed by atoms with Gasteiger partial charge in [-0.15, -0.1) is 5.10 Å². The minimum absolute atomic E-state index is 0.0249. The van der Waals surface area contributed by atoms with Crippen molar-refractivity contribution < 1.29 is 0 Å². The topological polar surface area (TPSA) is 49.4 Å². The van der Waals surface area contributed by atoms with Gasteiger partial charge in [0.1, 0.15) is 0 Å². The SMILES string of the molecule is C1=C2CCCCC2=NC2=NN=NC12. The van der Waals surface area contributed by atoms with E-state index in [0.29, 0.717) is 0 Å². The first-order valence-corrected chi connectivity index (χ1v) is 4.70. The largest absolute Gasteiger partial charge is 0.233 e. The van der Waals surface area contributed by atoms with E-state index < -0.39 is 0 Å². The van der Waals surface area contributed by atoms with E-state index in [-0.39, 0.29) is 6.04 Å². The van der Waals surface area contributed by atoms with Gasteiger partial charge >= 0.3 is 0 Å². The fourth-order valence-corrected chi connectivity index (χ4v) is 1.98. The summed E-state index contributed by atoms with van der Waals surface area (Å²) in [5.74, 6) is 0.778. The summed E-state index contributed by atoms with van der Waals surface area (Å²) in [6, 6.07) is 0.0249. The van der Waals surface area contributed by atoms with E-state index in [1.807, 2.05) is 0 Å². The maximum Gasteiger partial charge on any atom is 0.183 e. The molecule has 3 rings (SSSR count). The van der Waals surface area contributed by atoms with E-state index in [1.54, 1.807) is 0 Å². The molecule has 0 amide bonds. The highest BCUT2D eigenvalue weighted by Crippen LogP contribution is 2.27. The maximum absolute atomic E-state index is 4.48. The molecule has 0 radical (unpaired) electrons. The Morgan fingerprint density at radius 1 is 1.23 bits per heavy atom. The lowest BCUT2D eigenvalue weighted by Crippen LogP contribution is -2.23. The third-order valence-corrected chi connectivity index (χ3v) is 2.68. The fourth-order valence-electron chi connectivity index (χ4n) is 1.98. The molecule has 3 aliphatic rings. The van der Waals surface area contributed by atoms with Crippen molar-refractivity contribution >= 4 is 11.5 Å². The fraction of sp³-hybridized carbons (Fsp3) is 0.556. The van der Waals surface area contributed by atoms with Gasteiger partial charge in [-0.05, 0) is 42.6 Å². The molecule has 0 spiro atoms. The molecule has 1 saturated carbocycles. The van der Waals surface area contributed by atoms with Gasteiger partial charge in [-0.3, -0.25) is 0 Å². The van der Waals surface area contributed by atoms with Crippen LogP contribution in [0.25, 0.3) is 0 Å².